The van der Waals surface area contributed by atoms with Gasteiger partial charge in [-0.05, 0) is 77.0 Å². The molecule has 0 rings (SSSR count). The molecular formula is C61H114NO8P. The topological polar surface area (TPSA) is 134 Å². The second-order valence-electron chi connectivity index (χ2n) is 20.2. The molecule has 0 spiro atoms. The number of phosphoric acid groups is 1. The molecule has 3 N–H and O–H groups in total. The number of allylic oxidation sites excluding steroid dienone is 8. The molecule has 0 aromatic heterocycles. The van der Waals surface area contributed by atoms with Crippen LogP contribution in [0.5, 0.6) is 0 Å². The van der Waals surface area contributed by atoms with Gasteiger partial charge < -0.3 is 20.1 Å². The molecule has 0 saturated carbocycles. The van der Waals surface area contributed by atoms with Gasteiger partial charge in [0.25, 0.3) is 0 Å². The number of carbonyl (C=O) groups excluding carboxylic acids is 2. The Morgan fingerprint density at radius 1 is 0.423 bits per heavy atom. The van der Waals surface area contributed by atoms with Gasteiger partial charge in [-0.25, -0.2) is 4.57 Å². The van der Waals surface area contributed by atoms with E-state index < -0.39 is 26.5 Å². The van der Waals surface area contributed by atoms with E-state index in [0.717, 1.165) is 51.4 Å². The Morgan fingerprint density at radius 3 is 1.10 bits per heavy atom. The van der Waals surface area contributed by atoms with Gasteiger partial charge in [-0.1, -0.05) is 255 Å². The zero-order valence-electron chi connectivity index (χ0n) is 46.5. The number of hydrogen-bond donors (Lipinski definition) is 2. The minimum Gasteiger partial charge on any atom is -0.462 e. The van der Waals surface area contributed by atoms with E-state index in [4.69, 9.17) is 24.3 Å². The van der Waals surface area contributed by atoms with Crippen molar-refractivity contribution >= 4 is 19.8 Å². The first-order valence-electron chi connectivity index (χ1n) is 30.1. The van der Waals surface area contributed by atoms with Gasteiger partial charge in [-0.2, -0.15) is 0 Å². The highest BCUT2D eigenvalue weighted by Crippen LogP contribution is 2.43. The molecule has 10 heteroatoms. The van der Waals surface area contributed by atoms with Crippen LogP contribution < -0.4 is 5.73 Å². The third-order valence-electron chi connectivity index (χ3n) is 13.2. The van der Waals surface area contributed by atoms with Crippen LogP contribution >= 0.6 is 7.82 Å². The molecule has 0 heterocycles. The lowest BCUT2D eigenvalue weighted by Crippen LogP contribution is -2.29. The summed E-state index contributed by atoms with van der Waals surface area (Å²) in [6.45, 7) is 3.77. The molecule has 0 saturated heterocycles. The summed E-state index contributed by atoms with van der Waals surface area (Å²) in [6.07, 6.45) is 70.3. The Labute approximate surface area is 438 Å². The number of ether oxygens (including phenoxy) is 2. The van der Waals surface area contributed by atoms with Crippen molar-refractivity contribution in [2.45, 2.75) is 302 Å². The maximum atomic E-state index is 12.7. The summed E-state index contributed by atoms with van der Waals surface area (Å²) < 4.78 is 33.1. The second-order valence-corrected chi connectivity index (χ2v) is 21.7. The minimum atomic E-state index is -4.39. The summed E-state index contributed by atoms with van der Waals surface area (Å²) in [5.41, 5.74) is 5.39. The van der Waals surface area contributed by atoms with E-state index >= 15 is 0 Å². The number of esters is 2. The lowest BCUT2D eigenvalue weighted by molar-refractivity contribution is -0.161. The van der Waals surface area contributed by atoms with Crippen LogP contribution in [-0.4, -0.2) is 49.3 Å². The summed E-state index contributed by atoms with van der Waals surface area (Å²) >= 11 is 0. The predicted octanol–water partition coefficient (Wildman–Crippen LogP) is 19.0. The Kier molecular flexibility index (Phi) is 55.6. The molecule has 0 aromatic rings. The summed E-state index contributed by atoms with van der Waals surface area (Å²) in [4.78, 5) is 35.2. The zero-order chi connectivity index (χ0) is 51.7. The van der Waals surface area contributed by atoms with E-state index in [1.807, 2.05) is 0 Å². The van der Waals surface area contributed by atoms with Crippen LogP contribution in [0.3, 0.4) is 0 Å². The highest BCUT2D eigenvalue weighted by Gasteiger charge is 2.26. The molecular weight excluding hydrogens is 906 g/mol. The van der Waals surface area contributed by atoms with Crippen molar-refractivity contribution in [3.63, 3.8) is 0 Å². The molecule has 0 bridgehead atoms. The van der Waals surface area contributed by atoms with E-state index in [0.29, 0.717) is 6.42 Å². The van der Waals surface area contributed by atoms with Crippen molar-refractivity contribution in [3.8, 4) is 0 Å². The SMILES string of the molecule is CCCCCCC/C=C\C/C=C\C/C=C\CCCCCCCCCCCCCCCCC(=O)OC(COC(=O)CCCCCCCCCCC/C=C\CCCCCCCCCC)COP(=O)(O)OCCN. The molecule has 2 unspecified atom stereocenters. The normalized spacial score (nSPS) is 13.4. The fourth-order valence-electron chi connectivity index (χ4n) is 8.70. The number of nitrogens with two attached hydrogens (primary N) is 1. The van der Waals surface area contributed by atoms with Crippen molar-refractivity contribution in [1.82, 2.24) is 0 Å². The Balaban J connectivity index is 3.94. The first-order chi connectivity index (χ1) is 34.8. The number of phosphoric ester groups is 1. The molecule has 0 amide bonds. The van der Waals surface area contributed by atoms with Gasteiger partial charge in [0.05, 0.1) is 13.2 Å². The van der Waals surface area contributed by atoms with Crippen LogP contribution in [0.25, 0.3) is 0 Å². The minimum absolute atomic E-state index is 0.0532. The first-order valence-corrected chi connectivity index (χ1v) is 31.6. The largest absolute Gasteiger partial charge is 0.472 e. The van der Waals surface area contributed by atoms with Gasteiger partial charge >= 0.3 is 19.8 Å². The van der Waals surface area contributed by atoms with Crippen LogP contribution in [0.1, 0.15) is 296 Å². The van der Waals surface area contributed by atoms with Gasteiger partial charge in [0, 0.05) is 19.4 Å². The summed E-state index contributed by atoms with van der Waals surface area (Å²) in [7, 11) is -4.39. The fourth-order valence-corrected chi connectivity index (χ4v) is 9.46. The highest BCUT2D eigenvalue weighted by atomic mass is 31.2. The maximum absolute atomic E-state index is 12.7. The number of hydrogen-bond acceptors (Lipinski definition) is 8. The third-order valence-corrected chi connectivity index (χ3v) is 14.2. The summed E-state index contributed by atoms with van der Waals surface area (Å²) in [5, 5.41) is 0. The standard InChI is InChI=1S/C61H114NO8P/c1-3-5-7-9-11-13-15-17-19-21-23-25-26-27-28-29-30-31-32-34-36-38-40-42-44-46-48-50-52-54-61(64)70-59(58-69-71(65,66)68-56-55-62)57-67-60(63)53-51-49-47-45-43-41-39-37-35-33-24-22-20-18-16-14-12-10-8-6-4-2/h15,17,21-24,26-27,59H,3-14,16,18-20,25,28-58,62H2,1-2H3,(H,65,66)/b17-15-,23-21-,24-22-,27-26-. The monoisotopic (exact) mass is 1020 g/mol. The van der Waals surface area contributed by atoms with Crippen LogP contribution in [0.2, 0.25) is 0 Å². The van der Waals surface area contributed by atoms with Gasteiger partial charge in [0.15, 0.2) is 6.10 Å². The third kappa shape index (κ3) is 57.1. The Hall–Kier alpha value is -2.03. The fraction of sp³-hybridized carbons (Fsp3) is 0.836. The molecule has 0 aliphatic heterocycles. The van der Waals surface area contributed by atoms with Gasteiger partial charge in [-0.3, -0.25) is 18.6 Å². The first kappa shape index (κ1) is 69.0. The van der Waals surface area contributed by atoms with Crippen molar-refractivity contribution < 1.29 is 37.6 Å². The number of rotatable bonds is 57. The van der Waals surface area contributed by atoms with Gasteiger partial charge in [0.1, 0.15) is 6.61 Å². The van der Waals surface area contributed by atoms with E-state index in [9.17, 15) is 19.0 Å². The molecule has 416 valence electrons. The number of carbonyl (C=O) groups is 2. The van der Waals surface area contributed by atoms with Crippen LogP contribution in [0, 0.1) is 0 Å². The van der Waals surface area contributed by atoms with Gasteiger partial charge in [0.2, 0.25) is 0 Å². The molecule has 71 heavy (non-hydrogen) atoms. The summed E-state index contributed by atoms with van der Waals surface area (Å²) in [5.74, 6) is -0.820. The molecule has 0 radical (unpaired) electrons. The summed E-state index contributed by atoms with van der Waals surface area (Å²) in [6, 6.07) is 0. The maximum Gasteiger partial charge on any atom is 0.472 e. The Bertz CT molecular complexity index is 1300. The molecule has 0 aliphatic carbocycles. The van der Waals surface area contributed by atoms with Crippen molar-refractivity contribution in [2.75, 3.05) is 26.4 Å². The van der Waals surface area contributed by atoms with Crippen LogP contribution in [-0.2, 0) is 32.7 Å². The number of unbranched alkanes of at least 4 members (excludes halogenated alkanes) is 36. The lowest BCUT2D eigenvalue weighted by Gasteiger charge is -2.19. The van der Waals surface area contributed by atoms with E-state index in [1.54, 1.807) is 0 Å². The average Bonchev–Trinajstić information content (AvgIpc) is 3.36. The molecule has 0 aliphatic rings. The predicted molar refractivity (Wildman–Crippen MR) is 303 cm³/mol. The van der Waals surface area contributed by atoms with Crippen molar-refractivity contribution in [1.29, 1.82) is 0 Å². The van der Waals surface area contributed by atoms with E-state index in [-0.39, 0.29) is 38.6 Å². The van der Waals surface area contributed by atoms with Gasteiger partial charge in [-0.15, -0.1) is 0 Å². The Morgan fingerprint density at radius 2 is 0.732 bits per heavy atom. The average molecular weight is 1020 g/mol. The van der Waals surface area contributed by atoms with Crippen molar-refractivity contribution in [2.24, 2.45) is 5.73 Å². The zero-order valence-corrected chi connectivity index (χ0v) is 47.4. The highest BCUT2D eigenvalue weighted by molar-refractivity contribution is 7.47. The van der Waals surface area contributed by atoms with Crippen LogP contribution in [0.15, 0.2) is 48.6 Å². The van der Waals surface area contributed by atoms with E-state index in [1.165, 1.54) is 212 Å². The molecule has 0 aromatic carbocycles. The molecule has 0 fully saturated rings. The molecule has 9 nitrogen and oxygen atoms in total. The quantitative estimate of drug-likeness (QED) is 0.0264. The second kappa shape index (κ2) is 57.3. The smallest absolute Gasteiger partial charge is 0.462 e. The van der Waals surface area contributed by atoms with E-state index in [2.05, 4.69) is 62.5 Å². The van der Waals surface area contributed by atoms with Crippen molar-refractivity contribution in [3.05, 3.63) is 48.6 Å². The van der Waals surface area contributed by atoms with Crippen LogP contribution in [0.4, 0.5) is 0 Å². The molecule has 2 atom stereocenters. The lowest BCUT2D eigenvalue weighted by atomic mass is 10.0.